The summed E-state index contributed by atoms with van der Waals surface area (Å²) in [7, 11) is 0. The molecule has 1 fully saturated rings. The third kappa shape index (κ3) is 2.58. The third-order valence-corrected chi connectivity index (χ3v) is 3.91. The van der Waals surface area contributed by atoms with Gasteiger partial charge in [0.15, 0.2) is 0 Å². The van der Waals surface area contributed by atoms with E-state index in [0.29, 0.717) is 17.9 Å². The SMILES string of the molecule is Cc1nc(C2CCOC(C(C)C)C2)cs1. The molecule has 1 aromatic rings. The number of nitrogens with zero attached hydrogens (tertiary/aromatic N) is 1. The number of thiazole rings is 1. The molecular formula is C12H19NOS. The van der Waals surface area contributed by atoms with Crippen LogP contribution >= 0.6 is 11.3 Å². The average molecular weight is 225 g/mol. The first-order valence-electron chi connectivity index (χ1n) is 5.70. The van der Waals surface area contributed by atoms with Crippen LogP contribution in [-0.4, -0.2) is 17.7 Å². The molecule has 1 saturated heterocycles. The summed E-state index contributed by atoms with van der Waals surface area (Å²) in [5.41, 5.74) is 1.28. The van der Waals surface area contributed by atoms with Gasteiger partial charge in [0.1, 0.15) is 0 Å². The van der Waals surface area contributed by atoms with E-state index in [9.17, 15) is 0 Å². The van der Waals surface area contributed by atoms with E-state index in [2.05, 4.69) is 31.1 Å². The monoisotopic (exact) mass is 225 g/mol. The number of aryl methyl sites for hydroxylation is 1. The highest BCUT2D eigenvalue weighted by Gasteiger charge is 2.27. The van der Waals surface area contributed by atoms with Crippen molar-refractivity contribution in [2.45, 2.75) is 45.6 Å². The molecule has 3 heteroatoms. The Hall–Kier alpha value is -0.410. The Kier molecular flexibility index (Phi) is 3.42. The lowest BCUT2D eigenvalue weighted by Gasteiger charge is -2.31. The van der Waals surface area contributed by atoms with E-state index in [1.165, 1.54) is 10.7 Å². The van der Waals surface area contributed by atoms with Crippen molar-refractivity contribution in [2.75, 3.05) is 6.61 Å². The van der Waals surface area contributed by atoms with E-state index in [1.807, 2.05) is 0 Å². The van der Waals surface area contributed by atoms with Crippen molar-refractivity contribution in [2.24, 2.45) is 5.92 Å². The van der Waals surface area contributed by atoms with E-state index in [0.717, 1.165) is 19.4 Å². The van der Waals surface area contributed by atoms with Gasteiger partial charge in [-0.1, -0.05) is 13.8 Å². The van der Waals surface area contributed by atoms with Gasteiger partial charge in [0.2, 0.25) is 0 Å². The van der Waals surface area contributed by atoms with Crippen molar-refractivity contribution in [1.29, 1.82) is 0 Å². The van der Waals surface area contributed by atoms with Crippen molar-refractivity contribution in [3.05, 3.63) is 16.1 Å². The maximum Gasteiger partial charge on any atom is 0.0897 e. The Labute approximate surface area is 95.7 Å². The minimum absolute atomic E-state index is 0.422. The van der Waals surface area contributed by atoms with Crippen molar-refractivity contribution < 1.29 is 4.74 Å². The van der Waals surface area contributed by atoms with Crippen LogP contribution in [0.4, 0.5) is 0 Å². The summed E-state index contributed by atoms with van der Waals surface area (Å²) < 4.78 is 5.77. The van der Waals surface area contributed by atoms with E-state index in [4.69, 9.17) is 4.74 Å². The highest BCUT2D eigenvalue weighted by Crippen LogP contribution is 2.32. The lowest BCUT2D eigenvalue weighted by molar-refractivity contribution is -0.0206. The molecule has 2 heterocycles. The molecule has 0 N–H and O–H groups in total. The minimum atomic E-state index is 0.422. The summed E-state index contributed by atoms with van der Waals surface area (Å²) >= 11 is 1.76. The Balaban J connectivity index is 2.04. The van der Waals surface area contributed by atoms with Gasteiger partial charge in [-0.05, 0) is 25.7 Å². The van der Waals surface area contributed by atoms with Gasteiger partial charge in [0, 0.05) is 17.9 Å². The van der Waals surface area contributed by atoms with Crippen LogP contribution < -0.4 is 0 Å². The number of ether oxygens (including phenoxy) is 1. The predicted octanol–water partition coefficient (Wildman–Crippen LogP) is 3.37. The number of rotatable bonds is 2. The summed E-state index contributed by atoms with van der Waals surface area (Å²) in [5.74, 6) is 1.24. The van der Waals surface area contributed by atoms with E-state index >= 15 is 0 Å². The molecule has 84 valence electrons. The molecule has 0 bridgehead atoms. The van der Waals surface area contributed by atoms with Gasteiger partial charge in [-0.3, -0.25) is 0 Å². The number of hydrogen-bond donors (Lipinski definition) is 0. The van der Waals surface area contributed by atoms with Gasteiger partial charge in [0.05, 0.1) is 16.8 Å². The quantitative estimate of drug-likeness (QED) is 0.770. The Bertz CT molecular complexity index is 321. The maximum atomic E-state index is 5.77. The molecule has 0 aliphatic carbocycles. The van der Waals surface area contributed by atoms with Crippen molar-refractivity contribution >= 4 is 11.3 Å². The van der Waals surface area contributed by atoms with E-state index in [1.54, 1.807) is 11.3 Å². The summed E-state index contributed by atoms with van der Waals surface area (Å²) in [6.45, 7) is 7.44. The second kappa shape index (κ2) is 4.62. The van der Waals surface area contributed by atoms with E-state index < -0.39 is 0 Å². The zero-order valence-corrected chi connectivity index (χ0v) is 10.5. The third-order valence-electron chi connectivity index (χ3n) is 3.11. The van der Waals surface area contributed by atoms with Crippen molar-refractivity contribution in [3.63, 3.8) is 0 Å². The highest BCUT2D eigenvalue weighted by atomic mass is 32.1. The summed E-state index contributed by atoms with van der Waals surface area (Å²) in [5, 5.41) is 3.39. The molecule has 2 unspecified atom stereocenters. The summed E-state index contributed by atoms with van der Waals surface area (Å²) in [6.07, 6.45) is 2.69. The predicted molar refractivity (Wildman–Crippen MR) is 63.4 cm³/mol. The maximum absolute atomic E-state index is 5.77. The van der Waals surface area contributed by atoms with Crippen LogP contribution in [0.5, 0.6) is 0 Å². The molecule has 1 aliphatic heterocycles. The van der Waals surface area contributed by atoms with Gasteiger partial charge >= 0.3 is 0 Å². The fraction of sp³-hybridized carbons (Fsp3) is 0.750. The standard InChI is InChI=1S/C12H19NOS/c1-8(2)12-6-10(4-5-14-12)11-7-15-9(3)13-11/h7-8,10,12H,4-6H2,1-3H3. The second-order valence-electron chi connectivity index (χ2n) is 4.67. The summed E-state index contributed by atoms with van der Waals surface area (Å²) in [4.78, 5) is 4.59. The lowest BCUT2D eigenvalue weighted by Crippen LogP contribution is -2.28. The zero-order chi connectivity index (χ0) is 10.8. The molecule has 1 aromatic heterocycles. The van der Waals surface area contributed by atoms with Crippen LogP contribution in [-0.2, 0) is 4.74 Å². The summed E-state index contributed by atoms with van der Waals surface area (Å²) in [6, 6.07) is 0. The van der Waals surface area contributed by atoms with E-state index in [-0.39, 0.29) is 0 Å². The molecule has 15 heavy (non-hydrogen) atoms. The Morgan fingerprint density at radius 1 is 1.53 bits per heavy atom. The second-order valence-corrected chi connectivity index (χ2v) is 5.73. The molecule has 0 saturated carbocycles. The van der Waals surface area contributed by atoms with Gasteiger partial charge in [-0.2, -0.15) is 0 Å². The molecule has 2 atom stereocenters. The molecule has 0 amide bonds. The average Bonchev–Trinajstić information content (AvgIpc) is 2.65. The minimum Gasteiger partial charge on any atom is -0.378 e. The smallest absolute Gasteiger partial charge is 0.0897 e. The largest absolute Gasteiger partial charge is 0.378 e. The fourth-order valence-corrected chi connectivity index (χ4v) is 2.82. The molecule has 1 aliphatic rings. The van der Waals surface area contributed by atoms with Crippen molar-refractivity contribution in [3.8, 4) is 0 Å². The fourth-order valence-electron chi connectivity index (χ4n) is 2.13. The van der Waals surface area contributed by atoms with Crippen LogP contribution in [0.3, 0.4) is 0 Å². The molecule has 2 rings (SSSR count). The number of aromatic nitrogens is 1. The molecule has 0 spiro atoms. The zero-order valence-electron chi connectivity index (χ0n) is 9.69. The molecule has 0 aromatic carbocycles. The molecule has 2 nitrogen and oxygen atoms in total. The normalized spacial score (nSPS) is 27.2. The lowest BCUT2D eigenvalue weighted by atomic mass is 9.88. The highest BCUT2D eigenvalue weighted by molar-refractivity contribution is 7.09. The van der Waals surface area contributed by atoms with Gasteiger partial charge in [-0.15, -0.1) is 11.3 Å². The van der Waals surface area contributed by atoms with Gasteiger partial charge < -0.3 is 4.74 Å². The first-order valence-corrected chi connectivity index (χ1v) is 6.58. The van der Waals surface area contributed by atoms with Crippen LogP contribution in [0.25, 0.3) is 0 Å². The van der Waals surface area contributed by atoms with Crippen molar-refractivity contribution in [1.82, 2.24) is 4.98 Å². The van der Waals surface area contributed by atoms with Gasteiger partial charge in [-0.25, -0.2) is 4.98 Å². The van der Waals surface area contributed by atoms with Gasteiger partial charge in [0.25, 0.3) is 0 Å². The van der Waals surface area contributed by atoms with Crippen LogP contribution in [0.1, 0.15) is 43.3 Å². The van der Waals surface area contributed by atoms with Crippen LogP contribution in [0.15, 0.2) is 5.38 Å². The molecular weight excluding hydrogens is 206 g/mol. The Morgan fingerprint density at radius 2 is 2.33 bits per heavy atom. The van der Waals surface area contributed by atoms with Crippen LogP contribution in [0.2, 0.25) is 0 Å². The first-order chi connectivity index (χ1) is 7.16. The van der Waals surface area contributed by atoms with Crippen LogP contribution in [0, 0.1) is 12.8 Å². The Morgan fingerprint density at radius 3 is 2.93 bits per heavy atom. The molecule has 0 radical (unpaired) electrons. The number of hydrogen-bond acceptors (Lipinski definition) is 3. The first kappa shape index (κ1) is 11.1. The topological polar surface area (TPSA) is 22.1 Å².